The fourth-order valence-electron chi connectivity index (χ4n) is 2.64. The molecule has 1 atom stereocenters. The predicted molar refractivity (Wildman–Crippen MR) is 75.8 cm³/mol. The van der Waals surface area contributed by atoms with Crippen LogP contribution in [0.5, 0.6) is 0 Å². The average molecular weight is 244 g/mol. The Morgan fingerprint density at radius 1 is 0.824 bits per heavy atom. The Morgan fingerprint density at radius 3 is 1.65 bits per heavy atom. The molecule has 0 saturated heterocycles. The zero-order valence-corrected chi connectivity index (χ0v) is 12.8. The lowest BCUT2D eigenvalue weighted by Gasteiger charge is -2.37. The van der Waals surface area contributed by atoms with Gasteiger partial charge in [-0.1, -0.05) is 40.5 Å². The third kappa shape index (κ3) is 7.05. The average Bonchev–Trinajstić information content (AvgIpc) is 2.27. The summed E-state index contributed by atoms with van der Waals surface area (Å²) in [5.74, 6) is 0. The molecule has 0 aliphatic heterocycles. The SMILES string of the molecule is CCCCC(C)O[N+](CCC)(CCC)CCC. The van der Waals surface area contributed by atoms with Crippen LogP contribution in [0.1, 0.15) is 73.1 Å². The second-order valence-corrected chi connectivity index (χ2v) is 5.29. The van der Waals surface area contributed by atoms with Gasteiger partial charge in [-0.25, -0.2) is 0 Å². The minimum atomic E-state index is 0.402. The Bertz CT molecular complexity index is 153. The summed E-state index contributed by atoms with van der Waals surface area (Å²) < 4.78 is 0.883. The van der Waals surface area contributed by atoms with E-state index in [1.54, 1.807) is 0 Å². The monoisotopic (exact) mass is 244 g/mol. The van der Waals surface area contributed by atoms with E-state index in [1.165, 1.54) is 38.5 Å². The predicted octanol–water partition coefficient (Wildman–Crippen LogP) is 4.54. The van der Waals surface area contributed by atoms with Crippen molar-refractivity contribution in [3.05, 3.63) is 0 Å². The molecule has 0 aromatic rings. The zero-order valence-electron chi connectivity index (χ0n) is 12.8. The van der Waals surface area contributed by atoms with E-state index >= 15 is 0 Å². The molecule has 17 heavy (non-hydrogen) atoms. The maximum absolute atomic E-state index is 6.40. The molecule has 0 heterocycles. The Morgan fingerprint density at radius 2 is 1.29 bits per heavy atom. The Balaban J connectivity index is 4.40. The topological polar surface area (TPSA) is 9.23 Å². The van der Waals surface area contributed by atoms with Crippen LogP contribution < -0.4 is 0 Å². The molecule has 0 aromatic heterocycles. The Labute approximate surface area is 109 Å². The van der Waals surface area contributed by atoms with E-state index in [9.17, 15) is 0 Å². The molecule has 0 bridgehead atoms. The standard InChI is InChI=1S/C15H34NO/c1-6-10-11-15(5)17-16(12-7-2,13-8-3)14-9-4/h15H,6-14H2,1-5H3/q+1. The van der Waals surface area contributed by atoms with Crippen LogP contribution in [-0.2, 0) is 4.84 Å². The largest absolute Gasteiger partial charge is 0.200 e. The smallest absolute Gasteiger partial charge is 0.114 e. The lowest BCUT2D eigenvalue weighted by atomic mass is 10.2. The number of quaternary nitrogens is 1. The van der Waals surface area contributed by atoms with Gasteiger partial charge in [0, 0.05) is 0 Å². The van der Waals surface area contributed by atoms with Crippen LogP contribution in [0.3, 0.4) is 0 Å². The summed E-state index contributed by atoms with van der Waals surface area (Å²) in [5, 5.41) is 0. The molecule has 0 fully saturated rings. The second-order valence-electron chi connectivity index (χ2n) is 5.29. The number of hydroxylamine groups is 3. The van der Waals surface area contributed by atoms with E-state index in [0.29, 0.717) is 6.10 Å². The van der Waals surface area contributed by atoms with Crippen molar-refractivity contribution < 1.29 is 9.48 Å². The summed E-state index contributed by atoms with van der Waals surface area (Å²) in [6, 6.07) is 0. The van der Waals surface area contributed by atoms with Crippen LogP contribution in [0.2, 0.25) is 0 Å². The number of rotatable bonds is 11. The molecule has 0 spiro atoms. The summed E-state index contributed by atoms with van der Waals surface area (Å²) in [6.45, 7) is 14.8. The fourth-order valence-corrected chi connectivity index (χ4v) is 2.64. The van der Waals surface area contributed by atoms with Crippen molar-refractivity contribution in [3.63, 3.8) is 0 Å². The lowest BCUT2D eigenvalue weighted by molar-refractivity contribution is -1.11. The van der Waals surface area contributed by atoms with Crippen LogP contribution in [-0.4, -0.2) is 30.4 Å². The molecule has 0 amide bonds. The number of unbranched alkanes of at least 4 members (excludes halogenated alkanes) is 1. The molecule has 104 valence electrons. The van der Waals surface area contributed by atoms with Gasteiger partial charge in [0.25, 0.3) is 0 Å². The van der Waals surface area contributed by atoms with E-state index in [0.717, 1.165) is 24.3 Å². The van der Waals surface area contributed by atoms with Crippen molar-refractivity contribution >= 4 is 0 Å². The summed E-state index contributed by atoms with van der Waals surface area (Å²) in [5.41, 5.74) is 0. The highest BCUT2D eigenvalue weighted by atomic mass is 16.7. The highest BCUT2D eigenvalue weighted by molar-refractivity contribution is 4.48. The summed E-state index contributed by atoms with van der Waals surface area (Å²) >= 11 is 0. The van der Waals surface area contributed by atoms with Gasteiger partial charge < -0.3 is 0 Å². The van der Waals surface area contributed by atoms with Crippen molar-refractivity contribution in [2.45, 2.75) is 79.2 Å². The molecule has 2 heteroatoms. The molecule has 2 nitrogen and oxygen atoms in total. The van der Waals surface area contributed by atoms with E-state index in [2.05, 4.69) is 34.6 Å². The molecular weight excluding hydrogens is 210 g/mol. The maximum atomic E-state index is 6.40. The highest BCUT2D eigenvalue weighted by Gasteiger charge is 2.29. The number of nitrogens with zero attached hydrogens (tertiary/aromatic N) is 1. The van der Waals surface area contributed by atoms with Gasteiger partial charge in [0.15, 0.2) is 0 Å². The van der Waals surface area contributed by atoms with Gasteiger partial charge >= 0.3 is 0 Å². The van der Waals surface area contributed by atoms with Gasteiger partial charge in [0.2, 0.25) is 0 Å². The van der Waals surface area contributed by atoms with Crippen LogP contribution in [0.25, 0.3) is 0 Å². The van der Waals surface area contributed by atoms with Crippen molar-refractivity contribution in [1.82, 2.24) is 0 Å². The van der Waals surface area contributed by atoms with E-state index in [-0.39, 0.29) is 0 Å². The molecule has 0 aliphatic carbocycles. The fraction of sp³-hybridized carbons (Fsp3) is 1.00. The van der Waals surface area contributed by atoms with Crippen molar-refractivity contribution in [2.75, 3.05) is 19.6 Å². The number of hydrogen-bond donors (Lipinski definition) is 0. The Kier molecular flexibility index (Phi) is 9.85. The third-order valence-corrected chi connectivity index (χ3v) is 3.26. The minimum Gasteiger partial charge on any atom is -0.200 e. The summed E-state index contributed by atoms with van der Waals surface area (Å²) in [7, 11) is 0. The summed E-state index contributed by atoms with van der Waals surface area (Å²) in [6.07, 6.45) is 7.78. The highest BCUT2D eigenvalue weighted by Crippen LogP contribution is 2.18. The first-order valence-corrected chi connectivity index (χ1v) is 7.68. The lowest BCUT2D eigenvalue weighted by Crippen LogP contribution is -2.51. The molecule has 0 N–H and O–H groups in total. The molecule has 0 aromatic carbocycles. The molecule has 0 saturated carbocycles. The van der Waals surface area contributed by atoms with Crippen molar-refractivity contribution in [1.29, 1.82) is 0 Å². The molecular formula is C15H34NO+. The molecule has 0 rings (SSSR count). The maximum Gasteiger partial charge on any atom is 0.114 e. The first kappa shape index (κ1) is 16.9. The molecule has 0 aliphatic rings. The quantitative estimate of drug-likeness (QED) is 0.383. The normalized spacial score (nSPS) is 13.9. The van der Waals surface area contributed by atoms with Gasteiger partial charge in [0.1, 0.15) is 25.7 Å². The van der Waals surface area contributed by atoms with Gasteiger partial charge in [0.05, 0.1) is 0 Å². The van der Waals surface area contributed by atoms with Crippen LogP contribution in [0, 0.1) is 0 Å². The van der Waals surface area contributed by atoms with Gasteiger partial charge in [-0.05, 0) is 32.6 Å². The van der Waals surface area contributed by atoms with Crippen LogP contribution in [0.15, 0.2) is 0 Å². The van der Waals surface area contributed by atoms with Gasteiger partial charge in [-0.2, -0.15) is 9.48 Å². The third-order valence-electron chi connectivity index (χ3n) is 3.26. The van der Waals surface area contributed by atoms with Crippen molar-refractivity contribution in [3.8, 4) is 0 Å². The van der Waals surface area contributed by atoms with E-state index < -0.39 is 0 Å². The first-order chi connectivity index (χ1) is 8.14. The van der Waals surface area contributed by atoms with Crippen LogP contribution in [0.4, 0.5) is 0 Å². The second kappa shape index (κ2) is 9.90. The van der Waals surface area contributed by atoms with Crippen molar-refractivity contribution in [2.24, 2.45) is 0 Å². The van der Waals surface area contributed by atoms with E-state index in [4.69, 9.17) is 4.84 Å². The van der Waals surface area contributed by atoms with Crippen LogP contribution >= 0.6 is 0 Å². The molecule has 0 radical (unpaired) electrons. The Hall–Kier alpha value is -0.0800. The van der Waals surface area contributed by atoms with Gasteiger partial charge in [-0.15, -0.1) is 0 Å². The molecule has 1 unspecified atom stereocenters. The zero-order chi connectivity index (χ0) is 13.1. The minimum absolute atomic E-state index is 0.402. The number of hydrogen-bond acceptors (Lipinski definition) is 1. The first-order valence-electron chi connectivity index (χ1n) is 7.68. The summed E-state index contributed by atoms with van der Waals surface area (Å²) in [4.78, 5) is 6.40. The van der Waals surface area contributed by atoms with Gasteiger partial charge in [-0.3, -0.25) is 0 Å². The van der Waals surface area contributed by atoms with E-state index in [1.807, 2.05) is 0 Å².